The minimum Gasteiger partial charge on any atom is -0.480 e. The Morgan fingerprint density at radius 3 is 2.57 bits per heavy atom. The number of hydrogen-bond donors (Lipinski definition) is 1. The summed E-state index contributed by atoms with van der Waals surface area (Å²) in [7, 11) is -3.68. The first-order chi connectivity index (χ1) is 9.94. The molecule has 1 heterocycles. The van der Waals surface area contributed by atoms with Gasteiger partial charge in [0.1, 0.15) is 6.04 Å². The predicted molar refractivity (Wildman–Crippen MR) is 75.8 cm³/mol. The summed E-state index contributed by atoms with van der Waals surface area (Å²) in [6.07, 6.45) is 1.75. The second-order valence-electron chi connectivity index (χ2n) is 5.03. The molecule has 1 fully saturated rings. The average molecular weight is 308 g/mol. The fraction of sp³-hybridized carbons (Fsp3) is 0.429. The lowest BCUT2D eigenvalue weighted by Crippen LogP contribution is -2.48. The van der Waals surface area contributed by atoms with Gasteiger partial charge in [-0.25, -0.2) is 8.42 Å². The van der Waals surface area contributed by atoms with Crippen LogP contribution in [0.15, 0.2) is 24.3 Å². The first kappa shape index (κ1) is 15.5. The third-order valence-corrected chi connectivity index (χ3v) is 5.38. The molecular weight excluding hydrogens is 292 g/mol. The number of sulfonamides is 1. The molecule has 2 rings (SSSR count). The van der Waals surface area contributed by atoms with Crippen molar-refractivity contribution < 1.29 is 18.3 Å². The van der Waals surface area contributed by atoms with Crippen LogP contribution in [0.25, 0.3) is 0 Å². The lowest BCUT2D eigenvalue weighted by atomic mass is 10.1. The van der Waals surface area contributed by atoms with E-state index in [2.05, 4.69) is 0 Å². The van der Waals surface area contributed by atoms with Gasteiger partial charge in [0.25, 0.3) is 0 Å². The summed E-state index contributed by atoms with van der Waals surface area (Å²) in [5.74, 6) is -1.35. The molecule has 21 heavy (non-hydrogen) atoms. The van der Waals surface area contributed by atoms with Gasteiger partial charge in [-0.1, -0.05) is 12.1 Å². The zero-order valence-corrected chi connectivity index (χ0v) is 12.2. The highest BCUT2D eigenvalue weighted by atomic mass is 32.2. The van der Waals surface area contributed by atoms with E-state index in [1.165, 1.54) is 0 Å². The first-order valence-corrected chi connectivity index (χ1v) is 8.26. The Labute approximate surface area is 123 Å². The Morgan fingerprint density at radius 2 is 2.00 bits per heavy atom. The van der Waals surface area contributed by atoms with Gasteiger partial charge >= 0.3 is 5.97 Å². The van der Waals surface area contributed by atoms with E-state index >= 15 is 0 Å². The number of piperidine rings is 1. The number of hydrogen-bond acceptors (Lipinski definition) is 4. The summed E-state index contributed by atoms with van der Waals surface area (Å²) in [4.78, 5) is 11.2. The molecule has 0 saturated carbocycles. The van der Waals surface area contributed by atoms with Gasteiger partial charge in [0.05, 0.1) is 17.4 Å². The Morgan fingerprint density at radius 1 is 1.33 bits per heavy atom. The number of benzene rings is 1. The molecule has 1 atom stereocenters. The van der Waals surface area contributed by atoms with Crippen molar-refractivity contribution in [2.75, 3.05) is 6.54 Å². The molecule has 0 bridgehead atoms. The molecule has 0 aliphatic carbocycles. The molecule has 7 heteroatoms. The van der Waals surface area contributed by atoms with Crippen LogP contribution < -0.4 is 0 Å². The molecule has 0 radical (unpaired) electrons. The fourth-order valence-corrected chi connectivity index (χ4v) is 4.22. The van der Waals surface area contributed by atoms with Crippen LogP contribution in [0.1, 0.15) is 30.4 Å². The first-order valence-electron chi connectivity index (χ1n) is 6.65. The van der Waals surface area contributed by atoms with Gasteiger partial charge in [-0.15, -0.1) is 0 Å². The Hall–Kier alpha value is -1.91. The highest BCUT2D eigenvalue weighted by Crippen LogP contribution is 2.23. The molecule has 1 N–H and O–H groups in total. The quantitative estimate of drug-likeness (QED) is 0.904. The number of carbonyl (C=O) groups is 1. The Bertz CT molecular complexity index is 661. The number of carboxylic acid groups (broad SMARTS) is 1. The Kier molecular flexibility index (Phi) is 4.60. The molecule has 6 nitrogen and oxygen atoms in total. The number of nitrogens with zero attached hydrogens (tertiary/aromatic N) is 2. The number of carboxylic acids is 1. The van der Waals surface area contributed by atoms with Crippen LogP contribution in [0.2, 0.25) is 0 Å². The van der Waals surface area contributed by atoms with Gasteiger partial charge < -0.3 is 5.11 Å². The van der Waals surface area contributed by atoms with Crippen molar-refractivity contribution in [1.82, 2.24) is 4.31 Å². The van der Waals surface area contributed by atoms with Gasteiger partial charge in [0.15, 0.2) is 0 Å². The van der Waals surface area contributed by atoms with Crippen molar-refractivity contribution >= 4 is 16.0 Å². The standard InChI is InChI=1S/C14H16N2O4S/c15-9-11-4-6-12(7-5-11)10-21(19,20)16-8-2-1-3-13(16)14(17)18/h4-7,13H,1-3,8,10H2,(H,17,18)/t13-/m1/s1. The van der Waals surface area contributed by atoms with Crippen LogP contribution in [0.3, 0.4) is 0 Å². The van der Waals surface area contributed by atoms with Crippen LogP contribution in [-0.2, 0) is 20.6 Å². The highest BCUT2D eigenvalue weighted by molar-refractivity contribution is 7.88. The zero-order chi connectivity index (χ0) is 15.5. The second kappa shape index (κ2) is 6.24. The monoisotopic (exact) mass is 308 g/mol. The molecule has 0 spiro atoms. The van der Waals surface area contributed by atoms with Crippen molar-refractivity contribution in [2.24, 2.45) is 0 Å². The van der Waals surface area contributed by atoms with E-state index in [9.17, 15) is 13.2 Å². The number of rotatable bonds is 4. The van der Waals surface area contributed by atoms with Crippen LogP contribution in [0.5, 0.6) is 0 Å². The highest BCUT2D eigenvalue weighted by Gasteiger charge is 2.36. The molecule has 1 aliphatic rings. The largest absolute Gasteiger partial charge is 0.480 e. The van der Waals surface area contributed by atoms with Crippen molar-refractivity contribution in [3.05, 3.63) is 35.4 Å². The molecular formula is C14H16N2O4S. The summed E-state index contributed by atoms with van der Waals surface area (Å²) < 4.78 is 25.9. The van der Waals surface area contributed by atoms with Gasteiger partial charge in [-0.05, 0) is 37.0 Å². The maximum absolute atomic E-state index is 12.4. The molecule has 1 aliphatic heterocycles. The van der Waals surface area contributed by atoms with Gasteiger partial charge in [0, 0.05) is 6.54 Å². The van der Waals surface area contributed by atoms with E-state index in [0.717, 1.165) is 10.7 Å². The topological polar surface area (TPSA) is 98.5 Å². The number of aliphatic carboxylic acids is 1. The maximum atomic E-state index is 12.4. The van der Waals surface area contributed by atoms with Gasteiger partial charge in [0.2, 0.25) is 10.0 Å². The van der Waals surface area contributed by atoms with Crippen LogP contribution in [0.4, 0.5) is 0 Å². The Balaban J connectivity index is 2.20. The van der Waals surface area contributed by atoms with Crippen molar-refractivity contribution in [3.63, 3.8) is 0 Å². The van der Waals surface area contributed by atoms with E-state index in [1.807, 2.05) is 6.07 Å². The number of nitriles is 1. The third kappa shape index (κ3) is 3.60. The van der Waals surface area contributed by atoms with Crippen molar-refractivity contribution in [1.29, 1.82) is 5.26 Å². The zero-order valence-electron chi connectivity index (χ0n) is 11.4. The van der Waals surface area contributed by atoms with E-state index in [1.54, 1.807) is 24.3 Å². The molecule has 0 unspecified atom stereocenters. The SMILES string of the molecule is N#Cc1ccc(CS(=O)(=O)N2CCCC[C@@H]2C(=O)O)cc1. The lowest BCUT2D eigenvalue weighted by Gasteiger charge is -2.31. The molecule has 1 aromatic rings. The third-order valence-electron chi connectivity index (χ3n) is 3.53. The van der Waals surface area contributed by atoms with Crippen LogP contribution >= 0.6 is 0 Å². The van der Waals surface area contributed by atoms with E-state index in [0.29, 0.717) is 24.0 Å². The molecule has 0 aromatic heterocycles. The summed E-state index contributed by atoms with van der Waals surface area (Å²) in [6.45, 7) is 0.246. The van der Waals surface area contributed by atoms with E-state index in [-0.39, 0.29) is 12.3 Å². The summed E-state index contributed by atoms with van der Waals surface area (Å²) in [6, 6.07) is 7.26. The van der Waals surface area contributed by atoms with Crippen LogP contribution in [-0.4, -0.2) is 36.4 Å². The lowest BCUT2D eigenvalue weighted by molar-refractivity contribution is -0.142. The van der Waals surface area contributed by atoms with Gasteiger partial charge in [-0.3, -0.25) is 4.79 Å². The smallest absolute Gasteiger partial charge is 0.322 e. The average Bonchev–Trinajstić information content (AvgIpc) is 2.47. The molecule has 0 amide bonds. The van der Waals surface area contributed by atoms with E-state index in [4.69, 9.17) is 10.4 Å². The van der Waals surface area contributed by atoms with Crippen molar-refractivity contribution in [2.45, 2.75) is 31.1 Å². The molecule has 112 valence electrons. The normalized spacial score (nSPS) is 19.9. The van der Waals surface area contributed by atoms with Crippen LogP contribution in [0, 0.1) is 11.3 Å². The summed E-state index contributed by atoms with van der Waals surface area (Å²) >= 11 is 0. The van der Waals surface area contributed by atoms with E-state index < -0.39 is 22.0 Å². The second-order valence-corrected chi connectivity index (χ2v) is 6.95. The maximum Gasteiger partial charge on any atom is 0.322 e. The fourth-order valence-electron chi connectivity index (χ4n) is 2.45. The molecule has 1 aromatic carbocycles. The summed E-state index contributed by atoms with van der Waals surface area (Å²) in [5, 5.41) is 17.9. The minimum atomic E-state index is -3.68. The minimum absolute atomic E-state index is 0.246. The predicted octanol–water partition coefficient (Wildman–Crippen LogP) is 1.33. The van der Waals surface area contributed by atoms with Gasteiger partial charge in [-0.2, -0.15) is 9.57 Å². The summed E-state index contributed by atoms with van der Waals surface area (Å²) in [5.41, 5.74) is 1.00. The molecule has 1 saturated heterocycles. The van der Waals surface area contributed by atoms with Crippen molar-refractivity contribution in [3.8, 4) is 6.07 Å².